The molecule has 0 fully saturated rings. The van der Waals surface area contributed by atoms with Crippen LogP contribution in [-0.4, -0.2) is 89.9 Å². The van der Waals surface area contributed by atoms with Gasteiger partial charge in [-0.2, -0.15) is 0 Å². The molecule has 1 unspecified atom stereocenters. The number of carbonyl (C=O) groups is 1. The number of nitrogens with two attached hydrogens (primary N) is 1. The largest absolute Gasteiger partial charge is 0.394 e. The molecule has 0 aliphatic heterocycles. The smallest absolute Gasteiger partial charge is 0.269 e. The van der Waals surface area contributed by atoms with Crippen LogP contribution in [0.3, 0.4) is 0 Å². The molecule has 1 atom stereocenters. The predicted octanol–water partition coefficient (Wildman–Crippen LogP) is 1.26. The summed E-state index contributed by atoms with van der Waals surface area (Å²) in [4.78, 5) is 17.2. The topological polar surface area (TPSA) is 195 Å². The number of ether oxygens (including phenoxy) is 4. The fourth-order valence-corrected chi connectivity index (χ4v) is 8.02. The fraction of sp³-hybridized carbons (Fsp3) is 0.655. The Morgan fingerprint density at radius 1 is 0.977 bits per heavy atom. The second-order valence-electron chi connectivity index (χ2n) is 11.0. The third-order valence-corrected chi connectivity index (χ3v) is 10.9. The van der Waals surface area contributed by atoms with Crippen LogP contribution in [0.15, 0.2) is 19.9 Å². The van der Waals surface area contributed by atoms with Crippen molar-refractivity contribution in [1.82, 2.24) is 4.98 Å². The van der Waals surface area contributed by atoms with E-state index in [1.807, 2.05) is 0 Å². The minimum absolute atomic E-state index is 0.00583. The molecule has 13 nitrogen and oxygen atoms in total. The number of aryl methyl sites for hydroxylation is 2. The minimum Gasteiger partial charge on any atom is -0.394 e. The minimum atomic E-state index is -4.07. The highest BCUT2D eigenvalue weighted by Crippen LogP contribution is 2.36. The molecule has 2 aliphatic carbocycles. The van der Waals surface area contributed by atoms with Gasteiger partial charge in [0.2, 0.25) is 0 Å². The van der Waals surface area contributed by atoms with Crippen molar-refractivity contribution >= 4 is 27.5 Å². The van der Waals surface area contributed by atoms with Crippen LogP contribution in [0.1, 0.15) is 58.3 Å². The maximum Gasteiger partial charge on any atom is 0.269 e. The summed E-state index contributed by atoms with van der Waals surface area (Å²) in [5.41, 5.74) is 4.56. The molecule has 0 saturated heterocycles. The quantitative estimate of drug-likeness (QED) is 0.0835. The number of nitrogens with zero attached hydrogens (tertiary/aromatic N) is 3. The SMILES string of the molecule is CC(O)(COCCOCCOCCOCCO)c1nc(CO)c([SH](N)(=O)/N=N/C(=O)Cc2c3c(cc4c2CCC4)CCC3)s1. The van der Waals surface area contributed by atoms with E-state index in [-0.39, 0.29) is 54.4 Å². The molecule has 1 aromatic heterocycles. The van der Waals surface area contributed by atoms with Gasteiger partial charge in [-0.3, -0.25) is 9.93 Å². The lowest BCUT2D eigenvalue weighted by atomic mass is 9.92. The van der Waals surface area contributed by atoms with Gasteiger partial charge in [0.15, 0.2) is 0 Å². The Morgan fingerprint density at radius 3 is 2.11 bits per heavy atom. The van der Waals surface area contributed by atoms with Crippen molar-refractivity contribution in [2.45, 2.75) is 68.3 Å². The summed E-state index contributed by atoms with van der Waals surface area (Å²) >= 11 is 0.844. The van der Waals surface area contributed by atoms with E-state index in [4.69, 9.17) is 29.2 Å². The number of thiazole rings is 1. The van der Waals surface area contributed by atoms with Crippen molar-refractivity contribution < 1.29 is 43.3 Å². The Bertz CT molecular complexity index is 1320. The van der Waals surface area contributed by atoms with E-state index in [0.717, 1.165) is 55.4 Å². The number of carbonyl (C=O) groups excluding carboxylic acids is 1. The normalized spacial score (nSPS) is 16.4. The van der Waals surface area contributed by atoms with Crippen LogP contribution in [0.25, 0.3) is 0 Å². The number of hydrogen-bond donors (Lipinski definition) is 5. The number of thiol groups is 1. The highest BCUT2D eigenvalue weighted by atomic mass is 32.3. The number of benzene rings is 1. The number of aliphatic hydroxyl groups is 3. The molecule has 0 spiro atoms. The molecule has 2 aliphatic rings. The first-order chi connectivity index (χ1) is 21.2. The summed E-state index contributed by atoms with van der Waals surface area (Å²) in [5.74, 6) is -0.526. The molecule has 246 valence electrons. The van der Waals surface area contributed by atoms with E-state index in [1.54, 1.807) is 0 Å². The van der Waals surface area contributed by atoms with Crippen LogP contribution in [0, 0.1) is 0 Å². The zero-order chi connectivity index (χ0) is 31.6. The fourth-order valence-electron chi connectivity index (χ4n) is 5.48. The average Bonchev–Trinajstić information content (AvgIpc) is 3.76. The van der Waals surface area contributed by atoms with E-state index < -0.39 is 28.4 Å². The summed E-state index contributed by atoms with van der Waals surface area (Å²) in [7, 11) is -4.07. The molecule has 1 amide bonds. The number of rotatable bonds is 19. The van der Waals surface area contributed by atoms with Crippen molar-refractivity contribution in [1.29, 1.82) is 0 Å². The number of amides is 1. The molecule has 44 heavy (non-hydrogen) atoms. The van der Waals surface area contributed by atoms with Gasteiger partial charge in [0, 0.05) is 0 Å². The highest BCUT2D eigenvalue weighted by Gasteiger charge is 2.32. The van der Waals surface area contributed by atoms with Gasteiger partial charge in [0.1, 0.15) is 14.8 Å². The average molecular weight is 657 g/mol. The molecular formula is C29H44N4O9S2. The molecule has 15 heteroatoms. The first kappa shape index (κ1) is 34.8. The van der Waals surface area contributed by atoms with E-state index in [0.29, 0.717) is 26.4 Å². The summed E-state index contributed by atoms with van der Waals surface area (Å²) in [6, 6.07) is 2.29. The van der Waals surface area contributed by atoms with E-state index in [1.165, 1.54) is 29.2 Å². The van der Waals surface area contributed by atoms with Crippen molar-refractivity contribution in [3.8, 4) is 0 Å². The monoisotopic (exact) mass is 656 g/mol. The lowest BCUT2D eigenvalue weighted by Gasteiger charge is -2.20. The van der Waals surface area contributed by atoms with Crippen LogP contribution >= 0.6 is 11.3 Å². The zero-order valence-electron chi connectivity index (χ0n) is 25.2. The van der Waals surface area contributed by atoms with Crippen LogP contribution in [0.4, 0.5) is 0 Å². The number of fused-ring (bicyclic) bond motifs is 2. The molecular weight excluding hydrogens is 612 g/mol. The molecule has 0 bridgehead atoms. The summed E-state index contributed by atoms with van der Waals surface area (Å²) in [6.07, 6.45) is 6.13. The molecule has 1 aromatic carbocycles. The standard InChI is InChI=1S/C29H44N4O9S2/c1-29(37,19-42-15-14-41-13-12-40-11-10-39-9-8-34)28-31-25(18-35)27(43-28)44(30,38)33-32-26(36)17-24-22-6-2-4-20(22)16-21-5-3-7-23(21)24/h16,34-35,37,44H,2-15,17-19H2,1H3,(H2,30,38)/b33-32+. The maximum absolute atomic E-state index is 13.4. The lowest BCUT2D eigenvalue weighted by Crippen LogP contribution is -2.28. The molecule has 5 N–H and O–H groups in total. The summed E-state index contributed by atoms with van der Waals surface area (Å²) < 4.78 is 38.5. The Morgan fingerprint density at radius 2 is 1.55 bits per heavy atom. The Kier molecular flexibility index (Phi) is 13.1. The van der Waals surface area contributed by atoms with E-state index in [9.17, 15) is 19.2 Å². The molecule has 0 saturated carbocycles. The van der Waals surface area contributed by atoms with Crippen molar-refractivity contribution in [3.05, 3.63) is 44.6 Å². The number of hydrogen-bond acceptors (Lipinski definition) is 11. The molecule has 4 rings (SSSR count). The second-order valence-corrected chi connectivity index (χ2v) is 14.2. The van der Waals surface area contributed by atoms with Gasteiger partial charge < -0.3 is 34.3 Å². The Hall–Kier alpha value is -2.05. The predicted molar refractivity (Wildman–Crippen MR) is 164 cm³/mol. The van der Waals surface area contributed by atoms with Crippen molar-refractivity contribution in [2.75, 3.05) is 59.5 Å². The van der Waals surface area contributed by atoms with E-state index in [2.05, 4.69) is 20.7 Å². The summed E-state index contributed by atoms with van der Waals surface area (Å²) in [6.45, 7) is 3.00. The van der Waals surface area contributed by atoms with Crippen LogP contribution in [-0.2, 0) is 78.4 Å². The van der Waals surface area contributed by atoms with Gasteiger partial charge in [0.05, 0.1) is 88.5 Å². The maximum atomic E-state index is 13.4. The van der Waals surface area contributed by atoms with Gasteiger partial charge in [-0.05, 0) is 73.3 Å². The first-order valence-corrected chi connectivity index (χ1v) is 17.5. The first-order valence-electron chi connectivity index (χ1n) is 14.9. The summed E-state index contributed by atoms with van der Waals surface area (Å²) in [5, 5.41) is 39.4. The zero-order valence-corrected chi connectivity index (χ0v) is 26.9. The van der Waals surface area contributed by atoms with Gasteiger partial charge in [-0.1, -0.05) is 10.6 Å². The molecule has 0 radical (unpaired) electrons. The Labute approximate surface area is 262 Å². The third kappa shape index (κ3) is 9.25. The van der Waals surface area contributed by atoms with Crippen LogP contribution < -0.4 is 5.14 Å². The lowest BCUT2D eigenvalue weighted by molar-refractivity contribution is -0.117. The highest BCUT2D eigenvalue weighted by molar-refractivity contribution is 8.01. The van der Waals surface area contributed by atoms with Crippen LogP contribution in [0.2, 0.25) is 0 Å². The van der Waals surface area contributed by atoms with Crippen molar-refractivity contribution in [2.24, 2.45) is 14.8 Å². The van der Waals surface area contributed by atoms with Crippen LogP contribution in [0.5, 0.6) is 0 Å². The van der Waals surface area contributed by atoms with Gasteiger partial charge in [-0.15, -0.1) is 16.5 Å². The molecule has 1 heterocycles. The number of aromatic nitrogens is 1. The van der Waals surface area contributed by atoms with Gasteiger partial charge >= 0.3 is 0 Å². The molecule has 2 aromatic rings. The van der Waals surface area contributed by atoms with E-state index >= 15 is 0 Å². The second kappa shape index (κ2) is 16.5. The van der Waals surface area contributed by atoms with Gasteiger partial charge in [0.25, 0.3) is 5.91 Å². The Balaban J connectivity index is 1.29. The number of aliphatic hydroxyl groups excluding tert-OH is 2. The third-order valence-electron chi connectivity index (χ3n) is 7.53. The van der Waals surface area contributed by atoms with Crippen molar-refractivity contribution in [3.63, 3.8) is 0 Å². The van der Waals surface area contributed by atoms with Gasteiger partial charge in [-0.25, -0.2) is 9.19 Å².